The van der Waals surface area contributed by atoms with E-state index < -0.39 is 6.43 Å². The third kappa shape index (κ3) is 1.29. The van der Waals surface area contributed by atoms with Crippen molar-refractivity contribution in [2.24, 2.45) is 0 Å². The van der Waals surface area contributed by atoms with E-state index in [1.54, 1.807) is 0 Å². The quantitative estimate of drug-likeness (QED) is 0.718. The van der Waals surface area contributed by atoms with E-state index in [9.17, 15) is 8.78 Å². The van der Waals surface area contributed by atoms with Crippen molar-refractivity contribution >= 4 is 21.4 Å². The minimum atomic E-state index is -2.56. The molecule has 2 nitrogen and oxygen atoms in total. The topological polar surface area (TPSA) is 40.5 Å². The van der Waals surface area contributed by atoms with E-state index in [4.69, 9.17) is 10.2 Å². The average Bonchev–Trinajstić information content (AvgIpc) is 2.48. The summed E-state index contributed by atoms with van der Waals surface area (Å²) in [4.78, 5) is 0. The number of phenols is 2. The number of phenolic OH excluding ortho intramolecular Hbond substituents is 2. The molecule has 0 spiro atoms. The first-order valence-electron chi connectivity index (χ1n) is 3.81. The number of benzene rings is 1. The summed E-state index contributed by atoms with van der Waals surface area (Å²) in [7, 11) is 0. The Hall–Kier alpha value is -1.36. The maximum atomic E-state index is 12.4. The number of rotatable bonds is 1. The predicted octanol–water partition coefficient (Wildman–Crippen LogP) is 3.25. The van der Waals surface area contributed by atoms with Crippen LogP contribution >= 0.6 is 11.3 Å². The number of fused-ring (bicyclic) bond motifs is 1. The molecule has 0 fully saturated rings. The van der Waals surface area contributed by atoms with Crippen LogP contribution in [0.5, 0.6) is 11.5 Å². The second kappa shape index (κ2) is 3.09. The van der Waals surface area contributed by atoms with Gasteiger partial charge >= 0.3 is 0 Å². The van der Waals surface area contributed by atoms with Gasteiger partial charge in [-0.15, -0.1) is 11.3 Å². The van der Waals surface area contributed by atoms with Crippen LogP contribution in [0, 0.1) is 0 Å². The van der Waals surface area contributed by atoms with Gasteiger partial charge in [-0.3, -0.25) is 0 Å². The molecule has 1 aromatic heterocycles. The molecule has 14 heavy (non-hydrogen) atoms. The minimum absolute atomic E-state index is 0.111. The molecule has 0 saturated carbocycles. The zero-order valence-electron chi connectivity index (χ0n) is 6.87. The monoisotopic (exact) mass is 216 g/mol. The van der Waals surface area contributed by atoms with Crippen LogP contribution in [0.15, 0.2) is 17.5 Å². The maximum Gasteiger partial charge on any atom is 0.265 e. The summed E-state index contributed by atoms with van der Waals surface area (Å²) in [6.45, 7) is 0. The van der Waals surface area contributed by atoms with Gasteiger partial charge in [-0.25, -0.2) is 8.78 Å². The van der Waals surface area contributed by atoms with Gasteiger partial charge in [-0.05, 0) is 6.07 Å². The van der Waals surface area contributed by atoms with Crippen molar-refractivity contribution in [2.45, 2.75) is 6.43 Å². The SMILES string of the molecule is Oc1cc2scc(C(F)F)c2cc1O. The Morgan fingerprint density at radius 2 is 1.79 bits per heavy atom. The summed E-state index contributed by atoms with van der Waals surface area (Å²) in [5.74, 6) is -0.669. The number of hydrogen-bond acceptors (Lipinski definition) is 3. The molecule has 0 aliphatic heterocycles. The summed E-state index contributed by atoms with van der Waals surface area (Å²) in [6, 6.07) is 2.43. The molecule has 0 radical (unpaired) electrons. The van der Waals surface area contributed by atoms with Crippen molar-refractivity contribution in [3.05, 3.63) is 23.1 Å². The van der Waals surface area contributed by atoms with Gasteiger partial charge in [0, 0.05) is 27.1 Å². The summed E-state index contributed by atoms with van der Waals surface area (Å²) < 4.78 is 25.4. The zero-order chi connectivity index (χ0) is 10.3. The average molecular weight is 216 g/mol. The van der Waals surface area contributed by atoms with E-state index in [-0.39, 0.29) is 17.1 Å². The molecular formula is C9H6F2O2S. The molecule has 0 atom stereocenters. The van der Waals surface area contributed by atoms with E-state index >= 15 is 0 Å². The van der Waals surface area contributed by atoms with E-state index in [0.29, 0.717) is 10.1 Å². The van der Waals surface area contributed by atoms with E-state index in [2.05, 4.69) is 0 Å². The fourth-order valence-corrected chi connectivity index (χ4v) is 2.21. The third-order valence-corrected chi connectivity index (χ3v) is 2.90. The van der Waals surface area contributed by atoms with Crippen LogP contribution in [0.1, 0.15) is 12.0 Å². The van der Waals surface area contributed by atoms with E-state index in [0.717, 1.165) is 17.4 Å². The first-order valence-corrected chi connectivity index (χ1v) is 4.69. The molecule has 0 saturated heterocycles. The molecule has 74 valence electrons. The van der Waals surface area contributed by atoms with E-state index in [1.165, 1.54) is 11.4 Å². The van der Waals surface area contributed by atoms with Crippen molar-refractivity contribution < 1.29 is 19.0 Å². The summed E-state index contributed by atoms with van der Waals surface area (Å²) in [6.07, 6.45) is -2.56. The molecule has 2 N–H and O–H groups in total. The third-order valence-electron chi connectivity index (χ3n) is 1.94. The molecule has 1 heterocycles. The molecule has 0 bridgehead atoms. The highest BCUT2D eigenvalue weighted by Gasteiger charge is 2.15. The Bertz CT molecular complexity index is 479. The second-order valence-corrected chi connectivity index (χ2v) is 3.74. The number of alkyl halides is 2. The van der Waals surface area contributed by atoms with Crippen molar-refractivity contribution in [1.82, 2.24) is 0 Å². The number of halogens is 2. The highest BCUT2D eigenvalue weighted by atomic mass is 32.1. The Morgan fingerprint density at radius 3 is 2.43 bits per heavy atom. The normalized spacial score (nSPS) is 11.4. The van der Waals surface area contributed by atoms with Gasteiger partial charge in [-0.1, -0.05) is 0 Å². The summed E-state index contributed by atoms with van der Waals surface area (Å²) in [5.41, 5.74) is -0.111. The lowest BCUT2D eigenvalue weighted by Crippen LogP contribution is -1.79. The molecule has 5 heteroatoms. The zero-order valence-corrected chi connectivity index (χ0v) is 7.68. The lowest BCUT2D eigenvalue weighted by molar-refractivity contribution is 0.153. The fraction of sp³-hybridized carbons (Fsp3) is 0.111. The van der Waals surface area contributed by atoms with Crippen LogP contribution in [0.3, 0.4) is 0 Å². The van der Waals surface area contributed by atoms with Crippen molar-refractivity contribution in [3.63, 3.8) is 0 Å². The summed E-state index contributed by atoms with van der Waals surface area (Å²) in [5, 5.41) is 19.9. The lowest BCUT2D eigenvalue weighted by Gasteiger charge is -1.99. The minimum Gasteiger partial charge on any atom is -0.504 e. The maximum absolute atomic E-state index is 12.4. The Balaban J connectivity index is 2.74. The Morgan fingerprint density at radius 1 is 1.14 bits per heavy atom. The molecule has 2 rings (SSSR count). The smallest absolute Gasteiger partial charge is 0.265 e. The molecule has 2 aromatic rings. The Kier molecular flexibility index (Phi) is 2.03. The van der Waals surface area contributed by atoms with Crippen LogP contribution in [0.4, 0.5) is 8.78 Å². The molecule has 0 aliphatic carbocycles. The Labute approximate surface area is 82.0 Å². The standard InChI is InChI=1S/C9H6F2O2S/c10-9(11)5-3-14-8-2-7(13)6(12)1-4(5)8/h1-3,9,12-13H. The molecule has 0 unspecified atom stereocenters. The van der Waals surface area contributed by atoms with Crippen molar-refractivity contribution in [1.29, 1.82) is 0 Å². The van der Waals surface area contributed by atoms with Crippen LogP contribution in [-0.2, 0) is 0 Å². The molecular weight excluding hydrogens is 210 g/mol. The van der Waals surface area contributed by atoms with Crippen LogP contribution < -0.4 is 0 Å². The van der Waals surface area contributed by atoms with Gasteiger partial charge in [0.05, 0.1) is 0 Å². The van der Waals surface area contributed by atoms with Gasteiger partial charge in [0.25, 0.3) is 6.43 Å². The number of hydrogen-bond donors (Lipinski definition) is 2. The molecule has 0 aliphatic rings. The predicted molar refractivity (Wildman–Crippen MR) is 50.1 cm³/mol. The summed E-state index contributed by atoms with van der Waals surface area (Å²) >= 11 is 1.11. The van der Waals surface area contributed by atoms with Gasteiger partial charge in [0.2, 0.25) is 0 Å². The molecule has 0 amide bonds. The highest BCUT2D eigenvalue weighted by molar-refractivity contribution is 7.17. The van der Waals surface area contributed by atoms with Crippen molar-refractivity contribution in [3.8, 4) is 11.5 Å². The van der Waals surface area contributed by atoms with Gasteiger partial charge in [-0.2, -0.15) is 0 Å². The lowest BCUT2D eigenvalue weighted by atomic mass is 10.1. The highest BCUT2D eigenvalue weighted by Crippen LogP contribution is 2.38. The van der Waals surface area contributed by atoms with Gasteiger partial charge in [0.15, 0.2) is 11.5 Å². The number of thiophene rings is 1. The van der Waals surface area contributed by atoms with Crippen LogP contribution in [0.2, 0.25) is 0 Å². The first-order chi connectivity index (χ1) is 6.59. The largest absolute Gasteiger partial charge is 0.504 e. The molecule has 1 aromatic carbocycles. The fourth-order valence-electron chi connectivity index (χ4n) is 1.24. The van der Waals surface area contributed by atoms with Gasteiger partial charge in [0.1, 0.15) is 0 Å². The number of aromatic hydroxyl groups is 2. The van der Waals surface area contributed by atoms with Crippen molar-refractivity contribution in [2.75, 3.05) is 0 Å². The first kappa shape index (κ1) is 9.21. The van der Waals surface area contributed by atoms with E-state index in [1.807, 2.05) is 0 Å². The van der Waals surface area contributed by atoms with Crippen LogP contribution in [-0.4, -0.2) is 10.2 Å². The van der Waals surface area contributed by atoms with Crippen LogP contribution in [0.25, 0.3) is 10.1 Å². The van der Waals surface area contributed by atoms with Gasteiger partial charge < -0.3 is 10.2 Å². The second-order valence-electron chi connectivity index (χ2n) is 2.83.